The smallest absolute Gasteiger partial charge is 0.306 e. The zero-order valence-electron chi connectivity index (χ0n) is 19.1. The van der Waals surface area contributed by atoms with Crippen LogP contribution in [0.3, 0.4) is 0 Å². The molecular formula is C25H26N6O3. The number of aromatic nitrogens is 5. The fraction of sp³-hybridized carbons (Fsp3) is 0.320. The second kappa shape index (κ2) is 10.2. The maximum atomic E-state index is 13.1. The zero-order valence-corrected chi connectivity index (χ0v) is 19.1. The van der Waals surface area contributed by atoms with E-state index in [-0.39, 0.29) is 12.1 Å². The van der Waals surface area contributed by atoms with Crippen molar-refractivity contribution < 1.29 is 14.4 Å². The molecule has 9 heteroatoms. The fourth-order valence-electron chi connectivity index (χ4n) is 4.30. The Morgan fingerprint density at radius 1 is 1.12 bits per heavy atom. The molecule has 3 heterocycles. The van der Waals surface area contributed by atoms with Crippen LogP contribution in [-0.4, -0.2) is 36.4 Å². The van der Waals surface area contributed by atoms with Gasteiger partial charge in [-0.05, 0) is 43.9 Å². The first-order chi connectivity index (χ1) is 16.5. The van der Waals surface area contributed by atoms with Crippen molar-refractivity contribution in [3.63, 3.8) is 0 Å². The molecule has 1 fully saturated rings. The van der Waals surface area contributed by atoms with Gasteiger partial charge in [-0.1, -0.05) is 37.5 Å². The Balaban J connectivity index is 0.000000868. The Morgan fingerprint density at radius 3 is 2.53 bits per heavy atom. The third-order valence-electron chi connectivity index (χ3n) is 6.21. The lowest BCUT2D eigenvalue weighted by Crippen LogP contribution is -2.15. The standard InChI is InChI=1S/C24H26N6O.CO2/c1-16-4-8-18(9-5-16)21-14-22(30(28-21)19-10-6-17(2)7-11-19)27-24(31)20-15-26-29-13-3-12-25-23(20)29;2-1-3/h3,6-7,10-16,18H,4-5,8-9H2,1-2H3,(H,27,31);. The molecule has 9 nitrogen and oxygen atoms in total. The van der Waals surface area contributed by atoms with Crippen molar-refractivity contribution in [1.82, 2.24) is 24.4 Å². The highest BCUT2D eigenvalue weighted by atomic mass is 16.2. The van der Waals surface area contributed by atoms with E-state index in [2.05, 4.69) is 41.4 Å². The molecule has 1 saturated carbocycles. The van der Waals surface area contributed by atoms with E-state index >= 15 is 0 Å². The van der Waals surface area contributed by atoms with Crippen molar-refractivity contribution in [3.05, 3.63) is 71.8 Å². The average molecular weight is 459 g/mol. The Morgan fingerprint density at radius 2 is 1.82 bits per heavy atom. The molecule has 1 aromatic carbocycles. The number of hydrogen-bond donors (Lipinski definition) is 1. The van der Waals surface area contributed by atoms with Crippen molar-refractivity contribution in [1.29, 1.82) is 0 Å². The zero-order chi connectivity index (χ0) is 24.1. The van der Waals surface area contributed by atoms with Crippen LogP contribution in [0.5, 0.6) is 0 Å². The minimum Gasteiger partial charge on any atom is -0.306 e. The van der Waals surface area contributed by atoms with Gasteiger partial charge in [-0.25, -0.2) is 14.2 Å². The van der Waals surface area contributed by atoms with Gasteiger partial charge in [0.25, 0.3) is 5.91 Å². The number of fused-ring (bicyclic) bond motifs is 1. The molecule has 0 saturated heterocycles. The van der Waals surface area contributed by atoms with E-state index in [0.29, 0.717) is 22.9 Å². The number of aryl methyl sites for hydroxylation is 1. The Labute approximate surface area is 196 Å². The van der Waals surface area contributed by atoms with Gasteiger partial charge in [0.05, 0.1) is 17.6 Å². The summed E-state index contributed by atoms with van der Waals surface area (Å²) in [5.74, 6) is 1.62. The summed E-state index contributed by atoms with van der Waals surface area (Å²) >= 11 is 0. The molecule has 174 valence electrons. The second-order valence-corrected chi connectivity index (χ2v) is 8.64. The van der Waals surface area contributed by atoms with Crippen LogP contribution >= 0.6 is 0 Å². The number of carbonyl (C=O) groups is 1. The third kappa shape index (κ3) is 4.94. The maximum Gasteiger partial charge on any atom is 0.373 e. The van der Waals surface area contributed by atoms with Crippen molar-refractivity contribution >= 4 is 23.5 Å². The van der Waals surface area contributed by atoms with Crippen molar-refractivity contribution in [2.75, 3.05) is 5.32 Å². The van der Waals surface area contributed by atoms with E-state index in [0.717, 1.165) is 30.1 Å². The Hall–Kier alpha value is -4.10. The van der Waals surface area contributed by atoms with Gasteiger partial charge >= 0.3 is 6.15 Å². The molecule has 0 spiro atoms. The minimum atomic E-state index is -0.245. The minimum absolute atomic E-state index is 0.245. The van der Waals surface area contributed by atoms with Crippen LogP contribution in [0.2, 0.25) is 0 Å². The number of hydrogen-bond acceptors (Lipinski definition) is 6. The highest BCUT2D eigenvalue weighted by molar-refractivity contribution is 6.07. The second-order valence-electron chi connectivity index (χ2n) is 8.64. The number of benzene rings is 1. The van der Waals surface area contributed by atoms with Gasteiger partial charge in [-0.15, -0.1) is 0 Å². The number of nitrogens with one attached hydrogen (secondary N) is 1. The van der Waals surface area contributed by atoms with Gasteiger partial charge in [0, 0.05) is 24.4 Å². The molecule has 0 bridgehead atoms. The number of amides is 1. The summed E-state index contributed by atoms with van der Waals surface area (Å²) in [6.45, 7) is 4.37. The predicted octanol–water partition coefficient (Wildman–Crippen LogP) is 4.19. The summed E-state index contributed by atoms with van der Waals surface area (Å²) in [5, 5.41) is 12.2. The summed E-state index contributed by atoms with van der Waals surface area (Å²) in [7, 11) is 0. The van der Waals surface area contributed by atoms with Gasteiger partial charge < -0.3 is 5.32 Å². The van der Waals surface area contributed by atoms with E-state index in [1.54, 1.807) is 29.2 Å². The molecule has 3 aromatic heterocycles. The lowest BCUT2D eigenvalue weighted by Gasteiger charge is -2.24. The Kier molecular flexibility index (Phi) is 6.94. The maximum absolute atomic E-state index is 13.1. The highest BCUT2D eigenvalue weighted by Gasteiger charge is 2.24. The summed E-state index contributed by atoms with van der Waals surface area (Å²) in [6.07, 6.45) is 9.95. The van der Waals surface area contributed by atoms with Crippen LogP contribution < -0.4 is 5.32 Å². The van der Waals surface area contributed by atoms with E-state index in [1.165, 1.54) is 18.4 Å². The van der Waals surface area contributed by atoms with Crippen LogP contribution in [0.4, 0.5) is 5.82 Å². The molecule has 0 aliphatic heterocycles. The molecule has 1 N–H and O–H groups in total. The molecule has 0 radical (unpaired) electrons. The average Bonchev–Trinajstić information content (AvgIpc) is 3.45. The highest BCUT2D eigenvalue weighted by Crippen LogP contribution is 2.36. The van der Waals surface area contributed by atoms with E-state index in [1.807, 2.05) is 22.9 Å². The molecule has 0 unspecified atom stereocenters. The Bertz CT molecular complexity index is 1310. The first-order valence-corrected chi connectivity index (χ1v) is 11.3. The predicted molar refractivity (Wildman–Crippen MR) is 125 cm³/mol. The van der Waals surface area contributed by atoms with Crippen LogP contribution in [0.1, 0.15) is 60.1 Å². The van der Waals surface area contributed by atoms with Gasteiger partial charge in [-0.2, -0.15) is 19.8 Å². The number of carbonyl (C=O) groups excluding carboxylic acids is 3. The first kappa shape index (κ1) is 23.1. The van der Waals surface area contributed by atoms with Crippen LogP contribution in [0.15, 0.2) is 55.0 Å². The fourth-order valence-corrected chi connectivity index (χ4v) is 4.30. The van der Waals surface area contributed by atoms with E-state index in [9.17, 15) is 4.79 Å². The number of anilines is 1. The van der Waals surface area contributed by atoms with Gasteiger partial charge in [0.1, 0.15) is 11.4 Å². The van der Waals surface area contributed by atoms with Crippen LogP contribution in [0.25, 0.3) is 11.3 Å². The van der Waals surface area contributed by atoms with E-state index in [4.69, 9.17) is 14.7 Å². The summed E-state index contributed by atoms with van der Waals surface area (Å²) < 4.78 is 3.44. The summed E-state index contributed by atoms with van der Waals surface area (Å²) in [4.78, 5) is 33.7. The van der Waals surface area contributed by atoms with E-state index < -0.39 is 0 Å². The van der Waals surface area contributed by atoms with Gasteiger partial charge in [0.15, 0.2) is 5.65 Å². The van der Waals surface area contributed by atoms with Gasteiger partial charge in [0.2, 0.25) is 0 Å². The van der Waals surface area contributed by atoms with Crippen LogP contribution in [0, 0.1) is 12.8 Å². The van der Waals surface area contributed by atoms with Crippen LogP contribution in [-0.2, 0) is 9.59 Å². The first-order valence-electron chi connectivity index (χ1n) is 11.3. The van der Waals surface area contributed by atoms with Crippen molar-refractivity contribution in [2.24, 2.45) is 5.92 Å². The lowest BCUT2D eigenvalue weighted by molar-refractivity contribution is -0.191. The quantitative estimate of drug-likeness (QED) is 0.491. The van der Waals surface area contributed by atoms with Crippen molar-refractivity contribution in [2.45, 2.75) is 45.4 Å². The molecule has 4 aromatic rings. The van der Waals surface area contributed by atoms with Gasteiger partial charge in [-0.3, -0.25) is 4.79 Å². The monoisotopic (exact) mass is 458 g/mol. The van der Waals surface area contributed by atoms with Crippen molar-refractivity contribution in [3.8, 4) is 5.69 Å². The topological polar surface area (TPSA) is 111 Å². The summed E-state index contributed by atoms with van der Waals surface area (Å²) in [5.41, 5.74) is 4.11. The molecule has 0 atom stereocenters. The molecule has 1 amide bonds. The number of nitrogens with zero attached hydrogens (tertiary/aromatic N) is 5. The number of rotatable bonds is 4. The third-order valence-corrected chi connectivity index (χ3v) is 6.21. The molecular weight excluding hydrogens is 432 g/mol. The molecule has 1 aliphatic rings. The molecule has 5 rings (SSSR count). The SMILES string of the molecule is Cc1ccc(-n2nc(C3CCC(C)CC3)cc2NC(=O)c2cnn3cccnc23)cc1.O=C=O. The normalized spacial score (nSPS) is 17.5. The molecule has 34 heavy (non-hydrogen) atoms. The summed E-state index contributed by atoms with van der Waals surface area (Å²) in [6, 6.07) is 12.0. The largest absolute Gasteiger partial charge is 0.373 e. The lowest BCUT2D eigenvalue weighted by atomic mass is 9.81. The molecule has 1 aliphatic carbocycles.